The maximum absolute atomic E-state index is 12.4. The Morgan fingerprint density at radius 1 is 0.864 bits per heavy atom. The molecule has 0 aliphatic rings. The van der Waals surface area contributed by atoms with E-state index in [-0.39, 0.29) is 11.4 Å². The smallest absolute Gasteiger partial charge is 0.263 e. The predicted octanol–water partition coefficient (Wildman–Crippen LogP) is 5.36. The molecular formula is C14H9Cl2F3N2O. The molecule has 0 radical (unpaired) electrons. The average Bonchev–Trinajstić information content (AvgIpc) is 2.41. The van der Waals surface area contributed by atoms with Gasteiger partial charge in [0.05, 0.1) is 11.4 Å². The molecule has 0 unspecified atom stereocenters. The van der Waals surface area contributed by atoms with Crippen LogP contribution in [-0.2, 0) is 0 Å². The van der Waals surface area contributed by atoms with Crippen molar-refractivity contribution in [2.75, 3.05) is 4.90 Å². The van der Waals surface area contributed by atoms with Crippen LogP contribution in [0.25, 0.3) is 0 Å². The van der Waals surface area contributed by atoms with Crippen LogP contribution in [0.1, 0.15) is 0 Å². The monoisotopic (exact) mass is 348 g/mol. The van der Waals surface area contributed by atoms with Crippen LogP contribution >= 0.6 is 23.2 Å². The highest BCUT2D eigenvalue weighted by molar-refractivity contribution is 6.31. The lowest BCUT2D eigenvalue weighted by Crippen LogP contribution is -2.44. The van der Waals surface area contributed by atoms with Gasteiger partial charge < -0.3 is 0 Å². The van der Waals surface area contributed by atoms with E-state index in [1.54, 1.807) is 0 Å². The van der Waals surface area contributed by atoms with E-state index in [1.807, 2.05) is 0 Å². The first-order valence-corrected chi connectivity index (χ1v) is 6.72. The summed E-state index contributed by atoms with van der Waals surface area (Å²) in [6.45, 7) is 0. The first kappa shape index (κ1) is 16.5. The molecule has 0 aliphatic heterocycles. The van der Waals surface area contributed by atoms with Gasteiger partial charge in [-0.15, -0.1) is 0 Å². The van der Waals surface area contributed by atoms with Crippen molar-refractivity contribution in [3.63, 3.8) is 0 Å². The summed E-state index contributed by atoms with van der Waals surface area (Å²) in [5.41, 5.74) is 0.460. The summed E-state index contributed by atoms with van der Waals surface area (Å²) in [5, 5.41) is 1.76. The molecule has 116 valence electrons. The highest BCUT2D eigenvalue weighted by Crippen LogP contribution is 2.28. The number of hydrogen-bond acceptors (Lipinski definition) is 1. The number of alkyl halides is 3. The van der Waals surface area contributed by atoms with Gasteiger partial charge in [0, 0.05) is 10.0 Å². The van der Waals surface area contributed by atoms with Gasteiger partial charge in [-0.3, -0.25) is 4.90 Å². The van der Waals surface area contributed by atoms with Crippen molar-refractivity contribution in [1.29, 1.82) is 0 Å². The van der Waals surface area contributed by atoms with Gasteiger partial charge in [0.25, 0.3) is 0 Å². The van der Waals surface area contributed by atoms with E-state index in [9.17, 15) is 18.0 Å². The van der Waals surface area contributed by atoms with Crippen LogP contribution < -0.4 is 10.2 Å². The molecule has 2 rings (SSSR count). The Kier molecular flexibility index (Phi) is 4.83. The largest absolute Gasteiger partial charge is 0.485 e. The second kappa shape index (κ2) is 6.46. The predicted molar refractivity (Wildman–Crippen MR) is 79.6 cm³/mol. The van der Waals surface area contributed by atoms with Crippen molar-refractivity contribution in [2.45, 2.75) is 6.30 Å². The molecule has 0 fully saturated rings. The Hall–Kier alpha value is -1.92. The fourth-order valence-corrected chi connectivity index (χ4v) is 1.99. The van der Waals surface area contributed by atoms with Crippen molar-refractivity contribution in [1.82, 2.24) is 5.32 Å². The molecule has 0 saturated carbocycles. The molecule has 0 aromatic heterocycles. The average molecular weight is 349 g/mol. The van der Waals surface area contributed by atoms with Crippen LogP contribution in [-0.4, -0.2) is 12.3 Å². The van der Waals surface area contributed by atoms with Crippen LogP contribution in [0.2, 0.25) is 10.0 Å². The van der Waals surface area contributed by atoms with Gasteiger partial charge in [-0.25, -0.2) is 10.1 Å². The Bertz CT molecular complexity index is 612. The zero-order valence-corrected chi connectivity index (χ0v) is 12.4. The minimum atomic E-state index is -4.84. The number of amides is 2. The zero-order chi connectivity index (χ0) is 16.3. The first-order chi connectivity index (χ1) is 10.3. The highest BCUT2D eigenvalue weighted by atomic mass is 35.5. The number of halogens is 5. The molecule has 0 heterocycles. The Labute approximate surface area is 134 Å². The summed E-state index contributed by atoms with van der Waals surface area (Å²) in [6, 6.07) is 10.3. The van der Waals surface area contributed by atoms with Gasteiger partial charge in [-0.05, 0) is 48.5 Å². The van der Waals surface area contributed by atoms with Gasteiger partial charge in [0.15, 0.2) is 0 Å². The lowest BCUT2D eigenvalue weighted by atomic mass is 10.2. The molecule has 1 N–H and O–H groups in total. The summed E-state index contributed by atoms with van der Waals surface area (Å²) >= 11 is 11.5. The van der Waals surface area contributed by atoms with E-state index in [2.05, 4.69) is 0 Å². The second-order valence-corrected chi connectivity index (χ2v) is 5.09. The number of hydrogen-bond donors (Lipinski definition) is 1. The van der Waals surface area contributed by atoms with Gasteiger partial charge in [-0.1, -0.05) is 23.2 Å². The summed E-state index contributed by atoms with van der Waals surface area (Å²) < 4.78 is 37.3. The standard InChI is InChI=1S/C14H9Cl2F3N2O/c15-9-1-5-11(6-2-9)21(13(22)20-14(17,18)19)12-7-3-10(16)4-8-12/h1-8H,(H,20,22). The fraction of sp³-hybridized carbons (Fsp3) is 0.0714. The maximum atomic E-state index is 12.4. The molecule has 0 atom stereocenters. The third kappa shape index (κ3) is 4.29. The van der Waals surface area contributed by atoms with Crippen molar-refractivity contribution in [3.8, 4) is 0 Å². The lowest BCUT2D eigenvalue weighted by Gasteiger charge is -2.24. The third-order valence-corrected chi connectivity index (χ3v) is 3.13. The number of anilines is 2. The number of carbonyl (C=O) groups is 1. The number of rotatable bonds is 2. The minimum Gasteiger partial charge on any atom is -0.263 e. The molecule has 8 heteroatoms. The van der Waals surface area contributed by atoms with Crippen LogP contribution in [0.4, 0.5) is 29.3 Å². The van der Waals surface area contributed by atoms with Crippen LogP contribution in [0, 0.1) is 0 Å². The molecule has 0 saturated heterocycles. The third-order valence-electron chi connectivity index (χ3n) is 2.62. The number of nitrogens with one attached hydrogen (secondary N) is 1. The van der Waals surface area contributed by atoms with Crippen LogP contribution in [0.15, 0.2) is 48.5 Å². The maximum Gasteiger partial charge on any atom is 0.485 e. The van der Waals surface area contributed by atoms with E-state index < -0.39 is 12.3 Å². The Morgan fingerprint density at radius 3 is 1.55 bits per heavy atom. The normalized spacial score (nSPS) is 11.1. The molecule has 22 heavy (non-hydrogen) atoms. The SMILES string of the molecule is O=C(NC(F)(F)F)N(c1ccc(Cl)cc1)c1ccc(Cl)cc1. The second-order valence-electron chi connectivity index (χ2n) is 4.22. The molecule has 0 spiro atoms. The molecule has 2 aromatic carbocycles. The minimum absolute atomic E-state index is 0.230. The van der Waals surface area contributed by atoms with Crippen LogP contribution in [0.3, 0.4) is 0 Å². The van der Waals surface area contributed by atoms with Crippen molar-refractivity contribution < 1.29 is 18.0 Å². The fourth-order valence-electron chi connectivity index (χ4n) is 1.74. The molecular weight excluding hydrogens is 340 g/mol. The van der Waals surface area contributed by atoms with Crippen LogP contribution in [0.5, 0.6) is 0 Å². The molecule has 3 nitrogen and oxygen atoms in total. The summed E-state index contributed by atoms with van der Waals surface area (Å²) in [4.78, 5) is 12.8. The van der Waals surface area contributed by atoms with Crippen molar-refractivity contribution >= 4 is 40.6 Å². The number of benzene rings is 2. The Balaban J connectivity index is 2.42. The van der Waals surface area contributed by atoms with Crippen molar-refractivity contribution in [2.24, 2.45) is 0 Å². The zero-order valence-electron chi connectivity index (χ0n) is 10.9. The summed E-state index contributed by atoms with van der Waals surface area (Å²) in [6.07, 6.45) is -4.84. The first-order valence-electron chi connectivity index (χ1n) is 5.96. The van der Waals surface area contributed by atoms with E-state index in [4.69, 9.17) is 23.2 Å². The Morgan fingerprint density at radius 2 is 1.23 bits per heavy atom. The topological polar surface area (TPSA) is 32.3 Å². The van der Waals surface area contributed by atoms with Crippen molar-refractivity contribution in [3.05, 3.63) is 58.6 Å². The van der Waals surface area contributed by atoms with Gasteiger partial charge >= 0.3 is 12.3 Å². The van der Waals surface area contributed by atoms with Gasteiger partial charge in [-0.2, -0.15) is 13.2 Å². The molecule has 0 bridgehead atoms. The molecule has 2 amide bonds. The highest BCUT2D eigenvalue weighted by Gasteiger charge is 2.33. The summed E-state index contributed by atoms with van der Waals surface area (Å²) in [7, 11) is 0. The molecule has 2 aromatic rings. The van der Waals surface area contributed by atoms with E-state index in [0.717, 1.165) is 10.2 Å². The molecule has 0 aliphatic carbocycles. The number of carbonyl (C=O) groups excluding carboxylic acids is 1. The van der Waals surface area contributed by atoms with Gasteiger partial charge in [0.1, 0.15) is 0 Å². The van der Waals surface area contributed by atoms with E-state index in [1.165, 1.54) is 48.5 Å². The quantitative estimate of drug-likeness (QED) is 0.728. The lowest BCUT2D eigenvalue weighted by molar-refractivity contribution is -0.144. The summed E-state index contributed by atoms with van der Waals surface area (Å²) in [5.74, 6) is 0. The van der Waals surface area contributed by atoms with E-state index >= 15 is 0 Å². The number of nitrogens with zero attached hydrogens (tertiary/aromatic N) is 1. The number of urea groups is 1. The van der Waals surface area contributed by atoms with Gasteiger partial charge in [0.2, 0.25) is 0 Å². The van der Waals surface area contributed by atoms with E-state index in [0.29, 0.717) is 10.0 Å².